The van der Waals surface area contributed by atoms with E-state index >= 15 is 0 Å². The average Bonchev–Trinajstić information content (AvgIpc) is 2.44. The van der Waals surface area contributed by atoms with Gasteiger partial charge in [0.15, 0.2) is 0 Å². The Morgan fingerprint density at radius 2 is 2.00 bits per heavy atom. The molecule has 1 aromatic rings. The highest BCUT2D eigenvalue weighted by atomic mass is 16.5. The van der Waals surface area contributed by atoms with E-state index in [1.165, 1.54) is 20.3 Å². The minimum Gasteiger partial charge on any atom is -0.496 e. The fourth-order valence-corrected chi connectivity index (χ4v) is 1.34. The first-order chi connectivity index (χ1) is 9.12. The van der Waals surface area contributed by atoms with Crippen molar-refractivity contribution in [2.75, 3.05) is 20.8 Å². The molecule has 0 aliphatic carbocycles. The minimum atomic E-state index is -0.599. The van der Waals surface area contributed by atoms with Crippen LogP contribution in [0.25, 0.3) is 0 Å². The number of methoxy groups -OCH3 is 2. The molecule has 0 aliphatic rings. The van der Waals surface area contributed by atoms with Crippen molar-refractivity contribution in [3.05, 3.63) is 29.3 Å². The largest absolute Gasteiger partial charge is 0.496 e. The van der Waals surface area contributed by atoms with E-state index in [0.29, 0.717) is 16.9 Å². The van der Waals surface area contributed by atoms with Gasteiger partial charge in [-0.3, -0.25) is 0 Å². The Hall–Kier alpha value is -2.48. The quantitative estimate of drug-likeness (QED) is 0.608. The third kappa shape index (κ3) is 4.03. The van der Waals surface area contributed by atoms with Crippen LogP contribution in [0.3, 0.4) is 0 Å². The van der Waals surface area contributed by atoms with E-state index in [4.69, 9.17) is 4.74 Å². The van der Waals surface area contributed by atoms with Gasteiger partial charge in [-0.15, -0.1) is 0 Å². The Balaban J connectivity index is 3.00. The maximum Gasteiger partial charge on any atom is 0.384 e. The van der Waals surface area contributed by atoms with E-state index in [9.17, 15) is 9.59 Å². The van der Waals surface area contributed by atoms with Crippen LogP contribution in [0.1, 0.15) is 22.8 Å². The highest BCUT2D eigenvalue weighted by Gasteiger charge is 2.12. The first kappa shape index (κ1) is 14.6. The second-order valence-electron chi connectivity index (χ2n) is 3.38. The van der Waals surface area contributed by atoms with Crippen LogP contribution in [0.15, 0.2) is 18.2 Å². The lowest BCUT2D eigenvalue weighted by Gasteiger charge is -2.06. The molecule has 0 aromatic heterocycles. The molecule has 0 fully saturated rings. The summed E-state index contributed by atoms with van der Waals surface area (Å²) in [6.07, 6.45) is 0. The molecule has 0 heterocycles. The van der Waals surface area contributed by atoms with Gasteiger partial charge in [0.25, 0.3) is 0 Å². The number of ether oxygens (including phenoxy) is 3. The highest BCUT2D eigenvalue weighted by Crippen LogP contribution is 2.20. The molecule has 0 aliphatic heterocycles. The lowest BCUT2D eigenvalue weighted by Crippen LogP contribution is -2.04. The van der Waals surface area contributed by atoms with Gasteiger partial charge in [-0.2, -0.15) is 0 Å². The van der Waals surface area contributed by atoms with Gasteiger partial charge < -0.3 is 14.2 Å². The van der Waals surface area contributed by atoms with Gasteiger partial charge in [-0.25, -0.2) is 9.59 Å². The summed E-state index contributed by atoms with van der Waals surface area (Å²) in [5.74, 6) is 4.20. The molecule has 0 bridgehead atoms. The van der Waals surface area contributed by atoms with Gasteiger partial charge in [0.1, 0.15) is 11.3 Å². The highest BCUT2D eigenvalue weighted by molar-refractivity contribution is 5.93. The monoisotopic (exact) mass is 262 g/mol. The van der Waals surface area contributed by atoms with E-state index < -0.39 is 11.9 Å². The van der Waals surface area contributed by atoms with Gasteiger partial charge >= 0.3 is 11.9 Å². The molecule has 1 rings (SSSR count). The zero-order valence-corrected chi connectivity index (χ0v) is 11.0. The second-order valence-corrected chi connectivity index (χ2v) is 3.38. The Morgan fingerprint density at radius 1 is 1.26 bits per heavy atom. The number of hydrogen-bond acceptors (Lipinski definition) is 5. The Morgan fingerprint density at radius 3 is 2.58 bits per heavy atom. The van der Waals surface area contributed by atoms with Gasteiger partial charge in [0, 0.05) is 11.5 Å². The van der Waals surface area contributed by atoms with E-state index in [-0.39, 0.29) is 6.61 Å². The summed E-state index contributed by atoms with van der Waals surface area (Å²) in [6.45, 7) is 1.98. The van der Waals surface area contributed by atoms with E-state index in [1.54, 1.807) is 19.1 Å². The molecule has 19 heavy (non-hydrogen) atoms. The molecule has 0 N–H and O–H groups in total. The Labute approximate surface area is 111 Å². The van der Waals surface area contributed by atoms with Crippen LogP contribution in [0, 0.1) is 11.8 Å². The third-order valence-corrected chi connectivity index (χ3v) is 2.19. The summed E-state index contributed by atoms with van der Waals surface area (Å²) >= 11 is 0. The summed E-state index contributed by atoms with van der Waals surface area (Å²) in [5, 5.41) is 0. The first-order valence-corrected chi connectivity index (χ1v) is 5.57. The lowest BCUT2D eigenvalue weighted by molar-refractivity contribution is -0.136. The average molecular weight is 262 g/mol. The molecular formula is C14H14O5. The maximum absolute atomic E-state index is 11.4. The van der Waals surface area contributed by atoms with Crippen molar-refractivity contribution < 1.29 is 23.8 Å². The van der Waals surface area contributed by atoms with Crippen molar-refractivity contribution in [3.8, 4) is 17.6 Å². The molecule has 1 aromatic carbocycles. The van der Waals surface area contributed by atoms with Crippen molar-refractivity contribution in [1.82, 2.24) is 0 Å². The topological polar surface area (TPSA) is 61.8 Å². The minimum absolute atomic E-state index is 0.276. The predicted molar refractivity (Wildman–Crippen MR) is 67.8 cm³/mol. The number of hydrogen-bond donors (Lipinski definition) is 0. The van der Waals surface area contributed by atoms with Crippen molar-refractivity contribution in [2.24, 2.45) is 0 Å². The van der Waals surface area contributed by atoms with E-state index in [0.717, 1.165) is 0 Å². The van der Waals surface area contributed by atoms with Crippen LogP contribution in [-0.2, 0) is 14.3 Å². The summed E-state index contributed by atoms with van der Waals surface area (Å²) in [7, 11) is 2.72. The zero-order chi connectivity index (χ0) is 14.3. The SMILES string of the molecule is CCOC(=O)C#Cc1ccc(C(=O)OC)c(OC)c1. The van der Waals surface area contributed by atoms with Crippen LogP contribution in [0.2, 0.25) is 0 Å². The van der Waals surface area contributed by atoms with E-state index in [1.807, 2.05) is 0 Å². The Kier molecular flexibility index (Phi) is 5.42. The number of benzene rings is 1. The van der Waals surface area contributed by atoms with Gasteiger partial charge in [0.2, 0.25) is 0 Å². The smallest absolute Gasteiger partial charge is 0.384 e. The standard InChI is InChI=1S/C14H14O5/c1-4-19-13(15)8-6-10-5-7-11(14(16)18-3)12(9-10)17-2/h5,7,9H,4H2,1-3H3. The van der Waals surface area contributed by atoms with Gasteiger partial charge in [0.05, 0.1) is 20.8 Å². The van der Waals surface area contributed by atoms with Crippen molar-refractivity contribution in [1.29, 1.82) is 0 Å². The molecule has 0 atom stereocenters. The normalized spacial score (nSPS) is 9.00. The molecule has 5 heteroatoms. The molecular weight excluding hydrogens is 248 g/mol. The van der Waals surface area contributed by atoms with Gasteiger partial charge in [-0.05, 0) is 25.1 Å². The number of rotatable bonds is 3. The lowest BCUT2D eigenvalue weighted by atomic mass is 10.1. The Bertz CT molecular complexity index is 537. The fourth-order valence-electron chi connectivity index (χ4n) is 1.34. The molecule has 5 nitrogen and oxygen atoms in total. The van der Waals surface area contributed by atoms with Crippen LogP contribution < -0.4 is 4.74 Å². The van der Waals surface area contributed by atoms with Gasteiger partial charge in [-0.1, -0.05) is 5.92 Å². The predicted octanol–water partition coefficient (Wildman–Crippen LogP) is 1.40. The number of esters is 2. The third-order valence-electron chi connectivity index (χ3n) is 2.19. The first-order valence-electron chi connectivity index (χ1n) is 5.57. The molecule has 100 valence electrons. The van der Waals surface area contributed by atoms with Crippen LogP contribution >= 0.6 is 0 Å². The summed E-state index contributed by atoms with van der Waals surface area (Å²) in [5.41, 5.74) is 0.837. The molecule has 0 radical (unpaired) electrons. The van der Waals surface area contributed by atoms with Crippen LogP contribution in [0.4, 0.5) is 0 Å². The molecule has 0 saturated carbocycles. The molecule has 0 amide bonds. The summed E-state index contributed by atoms with van der Waals surface area (Å²) < 4.78 is 14.4. The summed E-state index contributed by atoms with van der Waals surface area (Å²) in [4.78, 5) is 22.5. The van der Waals surface area contributed by atoms with E-state index in [2.05, 4.69) is 21.3 Å². The van der Waals surface area contributed by atoms with Crippen molar-refractivity contribution in [3.63, 3.8) is 0 Å². The zero-order valence-electron chi connectivity index (χ0n) is 11.0. The number of carbonyl (C=O) groups excluding carboxylic acids is 2. The molecule has 0 unspecified atom stereocenters. The van der Waals surface area contributed by atoms with Crippen LogP contribution in [0.5, 0.6) is 5.75 Å². The molecule has 0 saturated heterocycles. The second kappa shape index (κ2) is 7.07. The summed E-state index contributed by atoms with van der Waals surface area (Å²) in [6, 6.07) is 4.68. The maximum atomic E-state index is 11.4. The van der Waals surface area contributed by atoms with Crippen molar-refractivity contribution in [2.45, 2.75) is 6.92 Å². The molecule has 0 spiro atoms. The number of carbonyl (C=O) groups is 2. The van der Waals surface area contributed by atoms with Crippen LogP contribution in [-0.4, -0.2) is 32.8 Å². The fraction of sp³-hybridized carbons (Fsp3) is 0.286. The van der Waals surface area contributed by atoms with Crippen molar-refractivity contribution >= 4 is 11.9 Å².